The van der Waals surface area contributed by atoms with E-state index in [1.54, 1.807) is 0 Å². The second kappa shape index (κ2) is 6.80. The van der Waals surface area contributed by atoms with Gasteiger partial charge in [-0.25, -0.2) is 0 Å². The van der Waals surface area contributed by atoms with Crippen molar-refractivity contribution in [3.8, 4) is 0 Å². The molecule has 0 aromatic carbocycles. The Morgan fingerprint density at radius 3 is 2.53 bits per heavy atom. The highest BCUT2D eigenvalue weighted by Gasteiger charge is 2.28. The van der Waals surface area contributed by atoms with Crippen LogP contribution >= 0.6 is 0 Å². The maximum Gasteiger partial charge on any atom is 0.223 e. The van der Waals surface area contributed by atoms with Crippen molar-refractivity contribution < 1.29 is 15.0 Å². The molecule has 1 heterocycles. The van der Waals surface area contributed by atoms with Crippen LogP contribution in [0.25, 0.3) is 0 Å². The van der Waals surface area contributed by atoms with Crippen molar-refractivity contribution in [1.82, 2.24) is 4.90 Å². The topological polar surface area (TPSA) is 60.8 Å². The standard InChI is InChI=1S/C11H21NO3/c13-6-4-2-1-3-5-12-8-10(9-14)7-11(12)15/h10,13-14H,1-9H2. The molecule has 0 aromatic heterocycles. The number of carbonyl (C=O) groups excluding carboxylic acids is 1. The molecule has 4 nitrogen and oxygen atoms in total. The van der Waals surface area contributed by atoms with Gasteiger partial charge in [-0.2, -0.15) is 0 Å². The van der Waals surface area contributed by atoms with Crippen LogP contribution in [0.2, 0.25) is 0 Å². The molecule has 0 spiro atoms. The summed E-state index contributed by atoms with van der Waals surface area (Å²) < 4.78 is 0. The van der Waals surface area contributed by atoms with E-state index in [4.69, 9.17) is 10.2 Å². The number of aliphatic hydroxyl groups is 2. The molecular weight excluding hydrogens is 194 g/mol. The normalized spacial score (nSPS) is 21.3. The van der Waals surface area contributed by atoms with Gasteiger partial charge >= 0.3 is 0 Å². The van der Waals surface area contributed by atoms with E-state index in [1.807, 2.05) is 4.90 Å². The minimum atomic E-state index is 0.118. The van der Waals surface area contributed by atoms with Gasteiger partial charge in [0.1, 0.15) is 0 Å². The first kappa shape index (κ1) is 12.5. The molecule has 1 aliphatic heterocycles. The molecular formula is C11H21NO3. The molecule has 1 unspecified atom stereocenters. The fourth-order valence-electron chi connectivity index (χ4n) is 1.96. The second-order valence-electron chi connectivity index (χ2n) is 4.23. The van der Waals surface area contributed by atoms with E-state index in [9.17, 15) is 4.79 Å². The SMILES string of the molecule is O=C1CC(CO)CN1CCCCCCO. The van der Waals surface area contributed by atoms with Crippen molar-refractivity contribution in [2.45, 2.75) is 32.1 Å². The minimum absolute atomic E-state index is 0.118. The molecule has 1 aliphatic rings. The van der Waals surface area contributed by atoms with Gasteiger partial charge in [0.05, 0.1) is 0 Å². The summed E-state index contributed by atoms with van der Waals surface area (Å²) in [7, 11) is 0. The Hall–Kier alpha value is -0.610. The van der Waals surface area contributed by atoms with Gasteiger partial charge < -0.3 is 15.1 Å². The molecule has 1 fully saturated rings. The zero-order valence-electron chi connectivity index (χ0n) is 9.19. The number of hydrogen-bond acceptors (Lipinski definition) is 3. The Balaban J connectivity index is 2.08. The lowest BCUT2D eigenvalue weighted by Gasteiger charge is -2.15. The zero-order valence-corrected chi connectivity index (χ0v) is 9.19. The molecule has 1 saturated heterocycles. The van der Waals surface area contributed by atoms with Crippen LogP contribution in [0.3, 0.4) is 0 Å². The third-order valence-corrected chi connectivity index (χ3v) is 2.89. The summed E-state index contributed by atoms with van der Waals surface area (Å²) in [4.78, 5) is 13.3. The average Bonchev–Trinajstić information content (AvgIpc) is 2.59. The third-order valence-electron chi connectivity index (χ3n) is 2.89. The lowest BCUT2D eigenvalue weighted by molar-refractivity contribution is -0.127. The fraction of sp³-hybridized carbons (Fsp3) is 0.909. The van der Waals surface area contributed by atoms with Gasteiger partial charge in [-0.1, -0.05) is 12.8 Å². The molecule has 0 bridgehead atoms. The van der Waals surface area contributed by atoms with E-state index in [-0.39, 0.29) is 25.0 Å². The van der Waals surface area contributed by atoms with Crippen LogP contribution in [0.1, 0.15) is 32.1 Å². The summed E-state index contributed by atoms with van der Waals surface area (Å²) in [6, 6.07) is 0. The number of amides is 1. The van der Waals surface area contributed by atoms with Crippen LogP contribution in [0.4, 0.5) is 0 Å². The number of carbonyl (C=O) groups is 1. The number of unbranched alkanes of at least 4 members (excludes halogenated alkanes) is 3. The maximum atomic E-state index is 11.4. The van der Waals surface area contributed by atoms with Crippen molar-refractivity contribution in [2.24, 2.45) is 5.92 Å². The van der Waals surface area contributed by atoms with Crippen LogP contribution in [0, 0.1) is 5.92 Å². The number of nitrogens with zero attached hydrogens (tertiary/aromatic N) is 1. The lowest BCUT2D eigenvalue weighted by Crippen LogP contribution is -2.26. The van der Waals surface area contributed by atoms with Crippen molar-refractivity contribution >= 4 is 5.91 Å². The molecule has 4 heteroatoms. The van der Waals surface area contributed by atoms with Crippen molar-refractivity contribution in [1.29, 1.82) is 0 Å². The first-order valence-electron chi connectivity index (χ1n) is 5.77. The van der Waals surface area contributed by atoms with Gasteiger partial charge in [0.15, 0.2) is 0 Å². The zero-order chi connectivity index (χ0) is 11.1. The summed E-state index contributed by atoms with van der Waals surface area (Å²) in [5.41, 5.74) is 0. The largest absolute Gasteiger partial charge is 0.396 e. The molecule has 15 heavy (non-hydrogen) atoms. The molecule has 1 rings (SSSR count). The summed E-state index contributed by atoms with van der Waals surface area (Å²) >= 11 is 0. The Morgan fingerprint density at radius 1 is 1.20 bits per heavy atom. The third kappa shape index (κ3) is 4.18. The van der Waals surface area contributed by atoms with Crippen LogP contribution < -0.4 is 0 Å². The highest BCUT2D eigenvalue weighted by Crippen LogP contribution is 2.17. The van der Waals surface area contributed by atoms with Crippen LogP contribution in [0.15, 0.2) is 0 Å². The molecule has 1 atom stereocenters. The monoisotopic (exact) mass is 215 g/mol. The lowest BCUT2D eigenvalue weighted by atomic mass is 10.1. The minimum Gasteiger partial charge on any atom is -0.396 e. The second-order valence-corrected chi connectivity index (χ2v) is 4.23. The Bertz CT molecular complexity index is 196. The quantitative estimate of drug-likeness (QED) is 0.604. The van der Waals surface area contributed by atoms with Gasteiger partial charge in [-0.05, 0) is 12.8 Å². The number of likely N-dealkylation sites (tertiary alicyclic amines) is 1. The number of rotatable bonds is 7. The van der Waals surface area contributed by atoms with E-state index in [2.05, 4.69) is 0 Å². The van der Waals surface area contributed by atoms with Crippen LogP contribution in [-0.2, 0) is 4.79 Å². The first-order chi connectivity index (χ1) is 7.27. The van der Waals surface area contributed by atoms with Crippen LogP contribution in [-0.4, -0.2) is 47.3 Å². The van der Waals surface area contributed by atoms with Gasteiger partial charge in [0, 0.05) is 38.6 Å². The van der Waals surface area contributed by atoms with E-state index in [0.717, 1.165) is 38.8 Å². The number of aliphatic hydroxyl groups excluding tert-OH is 2. The van der Waals surface area contributed by atoms with Gasteiger partial charge in [0.2, 0.25) is 5.91 Å². The highest BCUT2D eigenvalue weighted by molar-refractivity contribution is 5.78. The van der Waals surface area contributed by atoms with Crippen molar-refractivity contribution in [3.63, 3.8) is 0 Å². The summed E-state index contributed by atoms with van der Waals surface area (Å²) in [6.45, 7) is 1.90. The van der Waals surface area contributed by atoms with E-state index in [1.165, 1.54) is 0 Å². The average molecular weight is 215 g/mol. The molecule has 2 N–H and O–H groups in total. The van der Waals surface area contributed by atoms with E-state index < -0.39 is 0 Å². The van der Waals surface area contributed by atoms with Crippen LogP contribution in [0.5, 0.6) is 0 Å². The van der Waals surface area contributed by atoms with Gasteiger partial charge in [-0.15, -0.1) is 0 Å². The highest BCUT2D eigenvalue weighted by atomic mass is 16.3. The van der Waals surface area contributed by atoms with Crippen molar-refractivity contribution in [3.05, 3.63) is 0 Å². The molecule has 0 radical (unpaired) electrons. The predicted octanol–water partition coefficient (Wildman–Crippen LogP) is 0.380. The Labute approximate surface area is 90.9 Å². The molecule has 0 aliphatic carbocycles. The Kier molecular flexibility index (Phi) is 5.65. The maximum absolute atomic E-state index is 11.4. The van der Waals surface area contributed by atoms with E-state index in [0.29, 0.717) is 6.42 Å². The summed E-state index contributed by atoms with van der Waals surface area (Å²) in [5.74, 6) is 0.325. The number of hydrogen-bond donors (Lipinski definition) is 2. The predicted molar refractivity (Wildman–Crippen MR) is 57.3 cm³/mol. The fourth-order valence-corrected chi connectivity index (χ4v) is 1.96. The van der Waals surface area contributed by atoms with E-state index >= 15 is 0 Å². The summed E-state index contributed by atoms with van der Waals surface area (Å²) in [5, 5.41) is 17.5. The van der Waals surface area contributed by atoms with Gasteiger partial charge in [-0.3, -0.25) is 4.79 Å². The molecule has 0 aromatic rings. The van der Waals surface area contributed by atoms with Gasteiger partial charge in [0.25, 0.3) is 0 Å². The Morgan fingerprint density at radius 2 is 1.93 bits per heavy atom. The first-order valence-corrected chi connectivity index (χ1v) is 5.77. The van der Waals surface area contributed by atoms with Crippen molar-refractivity contribution in [2.75, 3.05) is 26.3 Å². The molecule has 88 valence electrons. The molecule has 0 saturated carbocycles. The molecule has 1 amide bonds. The smallest absolute Gasteiger partial charge is 0.223 e. The summed E-state index contributed by atoms with van der Waals surface area (Å²) in [6.07, 6.45) is 4.46.